The summed E-state index contributed by atoms with van der Waals surface area (Å²) in [6, 6.07) is 5.91. The first-order valence-corrected chi connectivity index (χ1v) is 6.52. The van der Waals surface area contributed by atoms with Crippen molar-refractivity contribution in [1.82, 2.24) is 9.88 Å². The molecule has 2 rings (SSSR count). The van der Waals surface area contributed by atoms with Crippen LogP contribution in [0.1, 0.15) is 12.1 Å². The zero-order valence-electron chi connectivity index (χ0n) is 11.0. The summed E-state index contributed by atoms with van der Waals surface area (Å²) in [7, 11) is 0. The van der Waals surface area contributed by atoms with E-state index in [1.165, 1.54) is 0 Å². The van der Waals surface area contributed by atoms with Gasteiger partial charge in [0.15, 0.2) is 0 Å². The Kier molecular flexibility index (Phi) is 12.6. The zero-order chi connectivity index (χ0) is 13.4. The average Bonchev–Trinajstić information content (AvgIpc) is 2.76. The maximum absolute atomic E-state index is 8.00. The largest absolute Gasteiger partial charge is 0.385 e. The Bertz CT molecular complexity index is 394. The number of nitrogens with zero attached hydrogens (tertiary/aromatic N) is 2. The zero-order valence-corrected chi connectivity index (χ0v) is 13.4. The SMILES string of the molecule is C=O.Cl.Cl.NCCC1SC=C(N)N1Cc1ccccn1. The molecule has 114 valence electrons. The van der Waals surface area contributed by atoms with Crippen LogP contribution >= 0.6 is 36.6 Å². The molecule has 0 saturated carbocycles. The van der Waals surface area contributed by atoms with Crippen molar-refractivity contribution >= 4 is 43.4 Å². The normalized spacial score (nSPS) is 16.1. The first-order valence-electron chi connectivity index (χ1n) is 5.58. The summed E-state index contributed by atoms with van der Waals surface area (Å²) in [4.78, 5) is 14.5. The molecule has 1 aromatic rings. The Morgan fingerprint density at radius 2 is 2.05 bits per heavy atom. The molecule has 0 radical (unpaired) electrons. The van der Waals surface area contributed by atoms with Crippen molar-refractivity contribution < 1.29 is 4.79 Å². The predicted molar refractivity (Wildman–Crippen MR) is 88.7 cm³/mol. The van der Waals surface area contributed by atoms with Crippen LogP contribution in [0.3, 0.4) is 0 Å². The third kappa shape index (κ3) is 6.00. The number of hydrogen-bond acceptors (Lipinski definition) is 6. The van der Waals surface area contributed by atoms with Gasteiger partial charge in [0.25, 0.3) is 0 Å². The Labute approximate surface area is 136 Å². The fraction of sp³-hybridized carbons (Fsp3) is 0.333. The summed E-state index contributed by atoms with van der Waals surface area (Å²) in [6.07, 6.45) is 2.74. The van der Waals surface area contributed by atoms with Crippen molar-refractivity contribution in [3.63, 3.8) is 0 Å². The molecule has 0 aliphatic carbocycles. The number of thioether (sulfide) groups is 1. The molecule has 2 heterocycles. The smallest absolute Gasteiger partial charge is 0.106 e. The molecule has 1 aliphatic heterocycles. The van der Waals surface area contributed by atoms with E-state index in [0.29, 0.717) is 11.9 Å². The van der Waals surface area contributed by atoms with Gasteiger partial charge < -0.3 is 21.2 Å². The number of aromatic nitrogens is 1. The number of carbonyl (C=O) groups is 1. The van der Waals surface area contributed by atoms with E-state index in [1.54, 1.807) is 18.0 Å². The maximum atomic E-state index is 8.00. The quantitative estimate of drug-likeness (QED) is 0.869. The topological polar surface area (TPSA) is 85.2 Å². The molecule has 0 fully saturated rings. The van der Waals surface area contributed by atoms with Crippen molar-refractivity contribution in [2.45, 2.75) is 18.3 Å². The highest BCUT2D eigenvalue weighted by atomic mass is 35.5. The molecule has 0 aromatic carbocycles. The third-order valence-electron chi connectivity index (χ3n) is 2.50. The standard InChI is InChI=1S/C11H16N4S.CH2O.2ClH/c12-5-4-11-15(10(13)8-16-11)7-9-3-1-2-6-14-9;1-2;;/h1-3,6,8,11H,4-5,7,12-13H2;1H2;2*1H. The maximum Gasteiger partial charge on any atom is 0.106 e. The van der Waals surface area contributed by atoms with Gasteiger partial charge in [0.2, 0.25) is 0 Å². The fourth-order valence-electron chi connectivity index (χ4n) is 1.68. The summed E-state index contributed by atoms with van der Waals surface area (Å²) in [6.45, 7) is 3.43. The van der Waals surface area contributed by atoms with Gasteiger partial charge in [-0.1, -0.05) is 6.07 Å². The highest BCUT2D eigenvalue weighted by molar-refractivity contribution is 8.02. The number of nitrogens with two attached hydrogens (primary N) is 2. The minimum atomic E-state index is 0. The summed E-state index contributed by atoms with van der Waals surface area (Å²) < 4.78 is 0. The Hall–Kier alpha value is -0.950. The van der Waals surface area contributed by atoms with Crippen LogP contribution in [0.4, 0.5) is 0 Å². The van der Waals surface area contributed by atoms with Gasteiger partial charge in [-0.25, -0.2) is 0 Å². The lowest BCUT2D eigenvalue weighted by atomic mass is 10.3. The van der Waals surface area contributed by atoms with Gasteiger partial charge in [-0.05, 0) is 25.1 Å². The highest BCUT2D eigenvalue weighted by Crippen LogP contribution is 2.31. The third-order valence-corrected chi connectivity index (χ3v) is 3.68. The first kappa shape index (κ1) is 21.4. The number of carbonyl (C=O) groups excluding carboxylic acids is 1. The Morgan fingerprint density at radius 1 is 1.35 bits per heavy atom. The number of pyridine rings is 1. The van der Waals surface area contributed by atoms with Crippen LogP contribution in [-0.4, -0.2) is 28.6 Å². The summed E-state index contributed by atoms with van der Waals surface area (Å²) in [5.41, 5.74) is 12.6. The van der Waals surface area contributed by atoms with Gasteiger partial charge in [-0.2, -0.15) is 0 Å². The summed E-state index contributed by atoms with van der Waals surface area (Å²) in [5.74, 6) is 0.814. The monoisotopic (exact) mass is 338 g/mol. The first-order chi connectivity index (χ1) is 8.81. The lowest BCUT2D eigenvalue weighted by Gasteiger charge is -2.26. The average molecular weight is 339 g/mol. The van der Waals surface area contributed by atoms with E-state index < -0.39 is 0 Å². The summed E-state index contributed by atoms with van der Waals surface area (Å²) >= 11 is 1.73. The molecular formula is C12H20Cl2N4OS. The number of halogens is 2. The van der Waals surface area contributed by atoms with Crippen molar-refractivity contribution in [2.75, 3.05) is 6.54 Å². The van der Waals surface area contributed by atoms with Crippen LogP contribution in [0.5, 0.6) is 0 Å². The minimum Gasteiger partial charge on any atom is -0.385 e. The highest BCUT2D eigenvalue weighted by Gasteiger charge is 2.24. The Balaban J connectivity index is 0. The van der Waals surface area contributed by atoms with Crippen molar-refractivity contribution in [2.24, 2.45) is 11.5 Å². The van der Waals surface area contributed by atoms with E-state index in [4.69, 9.17) is 16.3 Å². The molecule has 0 bridgehead atoms. The molecule has 0 amide bonds. The van der Waals surface area contributed by atoms with Crippen LogP contribution in [0.15, 0.2) is 35.6 Å². The lowest BCUT2D eigenvalue weighted by molar-refractivity contribution is -0.0979. The van der Waals surface area contributed by atoms with Gasteiger partial charge in [0.05, 0.1) is 17.6 Å². The van der Waals surface area contributed by atoms with Gasteiger partial charge in [0.1, 0.15) is 12.6 Å². The van der Waals surface area contributed by atoms with Gasteiger partial charge in [0, 0.05) is 11.6 Å². The van der Waals surface area contributed by atoms with Crippen LogP contribution in [0.2, 0.25) is 0 Å². The molecule has 8 heteroatoms. The van der Waals surface area contributed by atoms with E-state index in [-0.39, 0.29) is 24.8 Å². The van der Waals surface area contributed by atoms with E-state index in [1.807, 2.05) is 30.4 Å². The molecule has 0 spiro atoms. The fourth-order valence-corrected chi connectivity index (χ4v) is 2.73. The molecule has 1 aromatic heterocycles. The minimum absolute atomic E-state index is 0. The summed E-state index contributed by atoms with van der Waals surface area (Å²) in [5, 5.41) is 2.34. The van der Waals surface area contributed by atoms with E-state index in [9.17, 15) is 0 Å². The molecule has 1 atom stereocenters. The van der Waals surface area contributed by atoms with E-state index in [0.717, 1.165) is 24.5 Å². The lowest BCUT2D eigenvalue weighted by Crippen LogP contribution is -2.33. The molecule has 5 nitrogen and oxygen atoms in total. The second kappa shape index (κ2) is 11.8. The molecule has 1 unspecified atom stereocenters. The van der Waals surface area contributed by atoms with Crippen LogP contribution in [-0.2, 0) is 11.3 Å². The van der Waals surface area contributed by atoms with Gasteiger partial charge in [-0.3, -0.25) is 4.98 Å². The Morgan fingerprint density at radius 3 is 2.60 bits per heavy atom. The predicted octanol–water partition coefficient (Wildman–Crippen LogP) is 1.72. The van der Waals surface area contributed by atoms with Crippen molar-refractivity contribution in [3.05, 3.63) is 41.3 Å². The van der Waals surface area contributed by atoms with Crippen LogP contribution in [0.25, 0.3) is 0 Å². The molecule has 20 heavy (non-hydrogen) atoms. The van der Waals surface area contributed by atoms with Gasteiger partial charge in [-0.15, -0.1) is 36.6 Å². The number of rotatable bonds is 4. The molecular weight excluding hydrogens is 319 g/mol. The van der Waals surface area contributed by atoms with E-state index >= 15 is 0 Å². The second-order valence-corrected chi connectivity index (χ2v) is 4.71. The van der Waals surface area contributed by atoms with Crippen molar-refractivity contribution in [1.29, 1.82) is 0 Å². The molecule has 1 aliphatic rings. The number of hydrogen-bond donors (Lipinski definition) is 2. The van der Waals surface area contributed by atoms with E-state index in [2.05, 4.69) is 9.88 Å². The van der Waals surface area contributed by atoms with Crippen LogP contribution in [0, 0.1) is 0 Å². The van der Waals surface area contributed by atoms with Gasteiger partial charge >= 0.3 is 0 Å². The molecule has 4 N–H and O–H groups in total. The van der Waals surface area contributed by atoms with Crippen LogP contribution < -0.4 is 11.5 Å². The molecule has 0 saturated heterocycles. The van der Waals surface area contributed by atoms with Crippen molar-refractivity contribution in [3.8, 4) is 0 Å². The second-order valence-electron chi connectivity index (χ2n) is 3.66.